The van der Waals surface area contributed by atoms with Crippen molar-refractivity contribution < 1.29 is 9.59 Å². The van der Waals surface area contributed by atoms with Crippen LogP contribution in [0.3, 0.4) is 0 Å². The molecule has 3 heterocycles. The van der Waals surface area contributed by atoms with E-state index in [1.165, 1.54) is 21.6 Å². The molecule has 1 aromatic heterocycles. The van der Waals surface area contributed by atoms with Crippen LogP contribution >= 0.6 is 0 Å². The highest BCUT2D eigenvalue weighted by Crippen LogP contribution is 2.32. The molecule has 1 atom stereocenters. The number of fused-ring (bicyclic) bond motifs is 2. The normalized spacial score (nSPS) is 19.5. The van der Waals surface area contributed by atoms with Gasteiger partial charge in [0, 0.05) is 31.8 Å². The average molecular weight is 323 g/mol. The number of urea groups is 1. The molecular weight excluding hydrogens is 306 g/mol. The zero-order valence-corrected chi connectivity index (χ0v) is 13.3. The Kier molecular flexibility index (Phi) is 3.26. The van der Waals surface area contributed by atoms with E-state index < -0.39 is 6.04 Å². The summed E-state index contributed by atoms with van der Waals surface area (Å²) in [6.45, 7) is 2.77. The molecule has 0 N–H and O–H groups in total. The van der Waals surface area contributed by atoms with E-state index in [1.54, 1.807) is 11.1 Å². The molecule has 0 unspecified atom stereocenters. The summed E-state index contributed by atoms with van der Waals surface area (Å²) >= 11 is 0. The lowest BCUT2D eigenvalue weighted by Gasteiger charge is -2.28. The summed E-state index contributed by atoms with van der Waals surface area (Å²) in [4.78, 5) is 40.2. The van der Waals surface area contributed by atoms with Gasteiger partial charge in [0.1, 0.15) is 6.04 Å². The lowest BCUT2D eigenvalue weighted by atomic mass is 9.95. The van der Waals surface area contributed by atoms with E-state index in [2.05, 4.69) is 0 Å². The number of nitrogens with zero attached hydrogens (tertiary/aromatic N) is 3. The smallest absolute Gasteiger partial charge is 0.314 e. The maximum Gasteiger partial charge on any atom is 0.332 e. The molecule has 0 aliphatic carbocycles. The number of amides is 3. The third-order valence-electron chi connectivity index (χ3n) is 4.76. The van der Waals surface area contributed by atoms with Crippen molar-refractivity contribution in [2.24, 2.45) is 0 Å². The van der Waals surface area contributed by atoms with Crippen LogP contribution in [0.25, 0.3) is 0 Å². The standard InChI is InChI=1S/C18H17N3O3/c1-2-19-11-14(7-8-16(19)22)21-17(23)15-9-12-5-3-4-6-13(12)10-20(15)18(21)24/h3-8,11,15H,2,9-10H2,1H3/t15-/m1/s1. The van der Waals surface area contributed by atoms with Gasteiger partial charge in [0.15, 0.2) is 0 Å². The van der Waals surface area contributed by atoms with Gasteiger partial charge >= 0.3 is 6.03 Å². The average Bonchev–Trinajstić information content (AvgIpc) is 2.84. The minimum absolute atomic E-state index is 0.148. The van der Waals surface area contributed by atoms with Crippen LogP contribution in [0.4, 0.5) is 10.5 Å². The number of aryl methyl sites for hydroxylation is 1. The Labute approximate surface area is 138 Å². The van der Waals surface area contributed by atoms with Crippen molar-refractivity contribution in [2.45, 2.75) is 32.5 Å². The van der Waals surface area contributed by atoms with Gasteiger partial charge in [0.25, 0.3) is 11.5 Å². The number of benzene rings is 1. The van der Waals surface area contributed by atoms with Crippen molar-refractivity contribution in [3.05, 3.63) is 64.1 Å². The van der Waals surface area contributed by atoms with Crippen LogP contribution in [-0.4, -0.2) is 27.4 Å². The number of carbonyl (C=O) groups is 2. The zero-order valence-electron chi connectivity index (χ0n) is 13.3. The minimum atomic E-state index is -0.464. The molecule has 24 heavy (non-hydrogen) atoms. The third-order valence-corrected chi connectivity index (χ3v) is 4.76. The van der Waals surface area contributed by atoms with Crippen molar-refractivity contribution in [1.82, 2.24) is 9.47 Å². The van der Waals surface area contributed by atoms with Gasteiger partial charge in [-0.3, -0.25) is 9.59 Å². The Hall–Kier alpha value is -2.89. The molecule has 2 aliphatic rings. The van der Waals surface area contributed by atoms with Crippen molar-refractivity contribution in [2.75, 3.05) is 4.90 Å². The highest BCUT2D eigenvalue weighted by Gasteiger charge is 2.47. The highest BCUT2D eigenvalue weighted by atomic mass is 16.2. The second-order valence-corrected chi connectivity index (χ2v) is 6.08. The van der Waals surface area contributed by atoms with Gasteiger partial charge in [-0.1, -0.05) is 24.3 Å². The van der Waals surface area contributed by atoms with Gasteiger partial charge < -0.3 is 9.47 Å². The van der Waals surface area contributed by atoms with E-state index in [1.807, 2.05) is 31.2 Å². The van der Waals surface area contributed by atoms with E-state index in [-0.39, 0.29) is 17.5 Å². The monoisotopic (exact) mass is 323 g/mol. The van der Waals surface area contributed by atoms with Gasteiger partial charge in [-0.15, -0.1) is 0 Å². The summed E-state index contributed by atoms with van der Waals surface area (Å²) in [5, 5.41) is 0. The Morgan fingerprint density at radius 1 is 1.04 bits per heavy atom. The van der Waals surface area contributed by atoms with E-state index in [4.69, 9.17) is 0 Å². The maximum absolute atomic E-state index is 12.8. The topological polar surface area (TPSA) is 62.6 Å². The Morgan fingerprint density at radius 3 is 2.54 bits per heavy atom. The summed E-state index contributed by atoms with van der Waals surface area (Å²) in [5.41, 5.74) is 2.49. The van der Waals surface area contributed by atoms with Crippen molar-refractivity contribution in [3.63, 3.8) is 0 Å². The Bertz CT molecular complexity index is 859. The molecule has 0 radical (unpaired) electrons. The van der Waals surface area contributed by atoms with Crippen LogP contribution in [0.2, 0.25) is 0 Å². The van der Waals surface area contributed by atoms with Crippen LogP contribution in [0.5, 0.6) is 0 Å². The second-order valence-electron chi connectivity index (χ2n) is 6.08. The van der Waals surface area contributed by atoms with E-state index in [0.717, 1.165) is 11.1 Å². The van der Waals surface area contributed by atoms with Crippen LogP contribution in [0.1, 0.15) is 18.1 Å². The molecule has 4 rings (SSSR count). The molecule has 0 saturated carbocycles. The van der Waals surface area contributed by atoms with Gasteiger partial charge in [-0.2, -0.15) is 0 Å². The predicted octanol–water partition coefficient (Wildman–Crippen LogP) is 1.76. The number of hydrogen-bond acceptors (Lipinski definition) is 3. The van der Waals surface area contributed by atoms with Crippen molar-refractivity contribution in [3.8, 4) is 0 Å². The van der Waals surface area contributed by atoms with Crippen LogP contribution in [-0.2, 0) is 24.3 Å². The summed E-state index contributed by atoms with van der Waals surface area (Å²) in [5.74, 6) is -0.226. The minimum Gasteiger partial charge on any atom is -0.314 e. The Balaban J connectivity index is 1.72. The number of imide groups is 1. The quantitative estimate of drug-likeness (QED) is 0.791. The van der Waals surface area contributed by atoms with E-state index in [0.29, 0.717) is 25.2 Å². The molecule has 6 nitrogen and oxygen atoms in total. The first kappa shape index (κ1) is 14.7. The molecular formula is C18H17N3O3. The van der Waals surface area contributed by atoms with Crippen molar-refractivity contribution in [1.29, 1.82) is 0 Å². The first-order chi connectivity index (χ1) is 11.6. The number of aromatic nitrogens is 1. The Morgan fingerprint density at radius 2 is 1.79 bits per heavy atom. The molecule has 0 bridgehead atoms. The molecule has 1 aromatic carbocycles. The van der Waals surface area contributed by atoms with Gasteiger partial charge in [-0.25, -0.2) is 9.69 Å². The second kappa shape index (κ2) is 5.33. The maximum atomic E-state index is 12.8. The van der Waals surface area contributed by atoms with Crippen LogP contribution in [0, 0.1) is 0 Å². The molecule has 6 heteroatoms. The van der Waals surface area contributed by atoms with E-state index in [9.17, 15) is 14.4 Å². The molecule has 1 saturated heterocycles. The number of anilines is 1. The SMILES string of the molecule is CCn1cc(N2C(=O)[C@H]3Cc4ccccc4CN3C2=O)ccc1=O. The predicted molar refractivity (Wildman–Crippen MR) is 88.7 cm³/mol. The van der Waals surface area contributed by atoms with Crippen LogP contribution < -0.4 is 10.5 Å². The number of hydrogen-bond donors (Lipinski definition) is 0. The largest absolute Gasteiger partial charge is 0.332 e. The fourth-order valence-corrected chi connectivity index (χ4v) is 3.45. The lowest BCUT2D eigenvalue weighted by molar-refractivity contribution is -0.120. The van der Waals surface area contributed by atoms with Crippen LogP contribution in [0.15, 0.2) is 47.4 Å². The number of pyridine rings is 1. The third kappa shape index (κ3) is 2.06. The molecule has 2 aromatic rings. The van der Waals surface area contributed by atoms with Crippen molar-refractivity contribution >= 4 is 17.6 Å². The molecule has 3 amide bonds. The molecule has 2 aliphatic heterocycles. The van der Waals surface area contributed by atoms with Gasteiger partial charge in [-0.05, 0) is 24.1 Å². The summed E-state index contributed by atoms with van der Waals surface area (Å²) in [7, 11) is 0. The highest BCUT2D eigenvalue weighted by molar-refractivity contribution is 6.21. The molecule has 1 fully saturated rings. The van der Waals surface area contributed by atoms with Gasteiger partial charge in [0.05, 0.1) is 5.69 Å². The lowest BCUT2D eigenvalue weighted by Crippen LogP contribution is -2.39. The summed E-state index contributed by atoms with van der Waals surface area (Å²) < 4.78 is 1.49. The first-order valence-corrected chi connectivity index (χ1v) is 8.02. The number of rotatable bonds is 2. The first-order valence-electron chi connectivity index (χ1n) is 8.02. The zero-order chi connectivity index (χ0) is 16.8. The number of carbonyl (C=O) groups excluding carboxylic acids is 2. The summed E-state index contributed by atoms with van der Waals surface area (Å²) in [6, 6.07) is 10.0. The fourth-order valence-electron chi connectivity index (χ4n) is 3.45. The molecule has 0 spiro atoms. The summed E-state index contributed by atoms with van der Waals surface area (Å²) in [6.07, 6.45) is 2.11. The fraction of sp³-hybridized carbons (Fsp3) is 0.278. The molecule has 122 valence electrons. The van der Waals surface area contributed by atoms with E-state index >= 15 is 0 Å². The van der Waals surface area contributed by atoms with Gasteiger partial charge in [0.2, 0.25) is 0 Å².